The molecule has 2 fully saturated rings. The number of hydrogen-bond donors (Lipinski definition) is 1. The monoisotopic (exact) mass is 264 g/mol. The van der Waals surface area contributed by atoms with Crippen LogP contribution >= 0.6 is 24.2 Å². The van der Waals surface area contributed by atoms with Crippen LogP contribution in [0.1, 0.15) is 26.7 Å². The Labute approximate surface area is 108 Å². The van der Waals surface area contributed by atoms with Crippen LogP contribution in [0, 0.1) is 5.92 Å². The van der Waals surface area contributed by atoms with Gasteiger partial charge >= 0.3 is 0 Å². The van der Waals surface area contributed by atoms with Gasteiger partial charge < -0.3 is 10.6 Å². The molecular formula is C11H21ClN2OS. The first-order valence-electron chi connectivity index (χ1n) is 5.73. The lowest BCUT2D eigenvalue weighted by Gasteiger charge is -2.35. The van der Waals surface area contributed by atoms with Gasteiger partial charge in [0.15, 0.2) is 0 Å². The Kier molecular flexibility index (Phi) is 4.55. The van der Waals surface area contributed by atoms with Crippen molar-refractivity contribution in [1.29, 1.82) is 0 Å². The van der Waals surface area contributed by atoms with Crippen molar-refractivity contribution in [2.24, 2.45) is 11.7 Å². The van der Waals surface area contributed by atoms with Crippen molar-refractivity contribution in [3.63, 3.8) is 0 Å². The molecule has 2 N–H and O–H groups in total. The van der Waals surface area contributed by atoms with Gasteiger partial charge in [0.2, 0.25) is 5.91 Å². The minimum atomic E-state index is -0.483. The average molecular weight is 265 g/mol. The summed E-state index contributed by atoms with van der Waals surface area (Å²) in [7, 11) is 0. The van der Waals surface area contributed by atoms with Crippen molar-refractivity contribution in [2.45, 2.75) is 37.5 Å². The summed E-state index contributed by atoms with van der Waals surface area (Å²) in [4.78, 5) is 14.0. The smallest absolute Gasteiger partial charge is 0.242 e. The molecule has 0 radical (unpaired) electrons. The first-order chi connectivity index (χ1) is 7.03. The first kappa shape index (κ1) is 14.1. The second-order valence-corrected chi connectivity index (χ2v) is 6.41. The molecule has 0 bridgehead atoms. The van der Waals surface area contributed by atoms with Gasteiger partial charge in [0.05, 0.1) is 5.54 Å². The first-order valence-corrected chi connectivity index (χ1v) is 6.78. The van der Waals surface area contributed by atoms with Crippen LogP contribution in [0.2, 0.25) is 0 Å². The van der Waals surface area contributed by atoms with Gasteiger partial charge in [-0.25, -0.2) is 0 Å². The zero-order valence-electron chi connectivity index (χ0n) is 9.94. The Morgan fingerprint density at radius 1 is 1.50 bits per heavy atom. The van der Waals surface area contributed by atoms with Gasteiger partial charge in [0.1, 0.15) is 0 Å². The van der Waals surface area contributed by atoms with E-state index in [2.05, 4.69) is 13.8 Å². The van der Waals surface area contributed by atoms with Crippen molar-refractivity contribution in [3.8, 4) is 0 Å². The summed E-state index contributed by atoms with van der Waals surface area (Å²) in [6.45, 7) is 6.22. The standard InChI is InChI=1S/C11H20N2OS.ClH/c1-8(2)9-7-13(5-6-15-9)10(14)11(12)3-4-11;/h8-9H,3-7,12H2,1-2H3;1H. The Morgan fingerprint density at radius 3 is 2.62 bits per heavy atom. The number of carbonyl (C=O) groups is 1. The second-order valence-electron chi connectivity index (χ2n) is 5.06. The van der Waals surface area contributed by atoms with Crippen LogP contribution in [0.3, 0.4) is 0 Å². The van der Waals surface area contributed by atoms with Gasteiger partial charge in [0, 0.05) is 24.1 Å². The second kappa shape index (κ2) is 5.15. The molecule has 1 saturated heterocycles. The van der Waals surface area contributed by atoms with Crippen molar-refractivity contribution in [1.82, 2.24) is 4.90 Å². The molecule has 0 aromatic heterocycles. The molecule has 1 amide bonds. The van der Waals surface area contributed by atoms with Crippen molar-refractivity contribution in [2.75, 3.05) is 18.8 Å². The lowest BCUT2D eigenvalue weighted by Crippen LogP contribution is -2.51. The molecule has 1 aliphatic heterocycles. The molecule has 1 saturated carbocycles. The minimum Gasteiger partial charge on any atom is -0.339 e. The lowest BCUT2D eigenvalue weighted by atomic mass is 10.1. The minimum absolute atomic E-state index is 0. The van der Waals surface area contributed by atoms with Crippen LogP contribution in [0.15, 0.2) is 0 Å². The van der Waals surface area contributed by atoms with E-state index < -0.39 is 5.54 Å². The third kappa shape index (κ3) is 2.84. The van der Waals surface area contributed by atoms with Crippen LogP contribution in [-0.4, -0.2) is 40.4 Å². The Balaban J connectivity index is 0.00000128. The number of rotatable bonds is 2. The van der Waals surface area contributed by atoms with E-state index in [1.54, 1.807) is 0 Å². The molecule has 0 aromatic carbocycles. The fraction of sp³-hybridized carbons (Fsp3) is 0.909. The van der Waals surface area contributed by atoms with Gasteiger partial charge in [-0.1, -0.05) is 13.8 Å². The molecule has 1 unspecified atom stereocenters. The SMILES string of the molecule is CC(C)C1CN(C(=O)C2(N)CC2)CCS1.Cl. The van der Waals surface area contributed by atoms with E-state index in [1.165, 1.54) is 0 Å². The number of nitrogens with zero attached hydrogens (tertiary/aromatic N) is 1. The largest absolute Gasteiger partial charge is 0.339 e. The highest BCUT2D eigenvalue weighted by molar-refractivity contribution is 8.00. The summed E-state index contributed by atoms with van der Waals surface area (Å²) in [5.74, 6) is 1.89. The zero-order valence-corrected chi connectivity index (χ0v) is 11.6. The molecule has 1 atom stereocenters. The van der Waals surface area contributed by atoms with Gasteiger partial charge in [-0.3, -0.25) is 4.79 Å². The van der Waals surface area contributed by atoms with Gasteiger partial charge in [0.25, 0.3) is 0 Å². The molecule has 0 spiro atoms. The predicted molar refractivity (Wildman–Crippen MR) is 71.1 cm³/mol. The summed E-state index contributed by atoms with van der Waals surface area (Å²) in [6, 6.07) is 0. The fourth-order valence-corrected chi connectivity index (χ4v) is 3.23. The number of amides is 1. The van der Waals surface area contributed by atoms with Crippen LogP contribution in [0.4, 0.5) is 0 Å². The summed E-state index contributed by atoms with van der Waals surface area (Å²) in [6.07, 6.45) is 1.75. The topological polar surface area (TPSA) is 46.3 Å². The Morgan fingerprint density at radius 2 is 2.12 bits per heavy atom. The number of hydrogen-bond acceptors (Lipinski definition) is 3. The van der Waals surface area contributed by atoms with Crippen LogP contribution < -0.4 is 5.73 Å². The van der Waals surface area contributed by atoms with E-state index in [4.69, 9.17) is 5.73 Å². The van der Waals surface area contributed by atoms with Crippen molar-refractivity contribution >= 4 is 30.1 Å². The van der Waals surface area contributed by atoms with Gasteiger partial charge in [-0.05, 0) is 18.8 Å². The van der Waals surface area contributed by atoms with E-state index in [0.717, 1.165) is 31.7 Å². The van der Waals surface area contributed by atoms with Crippen LogP contribution in [-0.2, 0) is 4.79 Å². The molecule has 94 valence electrons. The highest BCUT2D eigenvalue weighted by Crippen LogP contribution is 2.36. The predicted octanol–water partition coefficient (Wildman–Crippen LogP) is 1.50. The normalized spacial score (nSPS) is 27.5. The average Bonchev–Trinajstić information content (AvgIpc) is 2.97. The lowest BCUT2D eigenvalue weighted by molar-refractivity contribution is -0.133. The maximum atomic E-state index is 12.0. The highest BCUT2D eigenvalue weighted by Gasteiger charge is 2.48. The van der Waals surface area contributed by atoms with E-state index in [1.807, 2.05) is 16.7 Å². The van der Waals surface area contributed by atoms with Crippen molar-refractivity contribution in [3.05, 3.63) is 0 Å². The summed E-state index contributed by atoms with van der Waals surface area (Å²) >= 11 is 1.99. The van der Waals surface area contributed by atoms with Crippen LogP contribution in [0.5, 0.6) is 0 Å². The molecule has 0 aromatic rings. The summed E-state index contributed by atoms with van der Waals surface area (Å²) in [5.41, 5.74) is 5.46. The highest BCUT2D eigenvalue weighted by atomic mass is 35.5. The summed E-state index contributed by atoms with van der Waals surface area (Å²) < 4.78 is 0. The number of carbonyl (C=O) groups excluding carboxylic acids is 1. The molecular weight excluding hydrogens is 244 g/mol. The molecule has 3 nitrogen and oxygen atoms in total. The molecule has 2 aliphatic rings. The third-order valence-corrected chi connectivity index (χ3v) is 4.88. The molecule has 2 rings (SSSR count). The Hall–Kier alpha value is 0.0700. The molecule has 1 aliphatic carbocycles. The van der Waals surface area contributed by atoms with Gasteiger partial charge in [-0.15, -0.1) is 12.4 Å². The maximum Gasteiger partial charge on any atom is 0.242 e. The molecule has 16 heavy (non-hydrogen) atoms. The maximum absolute atomic E-state index is 12.0. The van der Waals surface area contributed by atoms with E-state index in [9.17, 15) is 4.79 Å². The van der Waals surface area contributed by atoms with Gasteiger partial charge in [-0.2, -0.15) is 11.8 Å². The molecule has 5 heteroatoms. The number of halogens is 1. The summed E-state index contributed by atoms with van der Waals surface area (Å²) in [5, 5.41) is 0.588. The number of nitrogens with two attached hydrogens (primary N) is 1. The van der Waals surface area contributed by atoms with E-state index in [0.29, 0.717) is 11.2 Å². The van der Waals surface area contributed by atoms with E-state index >= 15 is 0 Å². The zero-order chi connectivity index (χ0) is 11.1. The quantitative estimate of drug-likeness (QED) is 0.822. The fourth-order valence-electron chi connectivity index (χ4n) is 1.93. The third-order valence-electron chi connectivity index (χ3n) is 3.34. The van der Waals surface area contributed by atoms with Crippen LogP contribution in [0.25, 0.3) is 0 Å². The molecule has 1 heterocycles. The Bertz CT molecular complexity index is 269. The number of thioether (sulfide) groups is 1. The van der Waals surface area contributed by atoms with E-state index in [-0.39, 0.29) is 18.3 Å². The van der Waals surface area contributed by atoms with Crippen molar-refractivity contribution < 1.29 is 4.79 Å².